The molecule has 0 aromatic heterocycles. The van der Waals surface area contributed by atoms with Gasteiger partial charge in [-0.15, -0.1) is 0 Å². The highest BCUT2D eigenvalue weighted by atomic mass is 35.5. The van der Waals surface area contributed by atoms with E-state index in [1.54, 1.807) is 6.07 Å². The average molecular weight is 366 g/mol. The maximum atomic E-state index is 12.6. The fourth-order valence-electron chi connectivity index (χ4n) is 4.62. The summed E-state index contributed by atoms with van der Waals surface area (Å²) in [7, 11) is 0. The monoisotopic (exact) mass is 365 g/mol. The third kappa shape index (κ3) is 4.98. The number of carbonyl (C=O) groups excluding carboxylic acids is 1. The Morgan fingerprint density at radius 1 is 1.28 bits per heavy atom. The number of rotatable bonds is 6. The van der Waals surface area contributed by atoms with Crippen molar-refractivity contribution in [1.82, 2.24) is 5.32 Å². The van der Waals surface area contributed by atoms with Crippen LogP contribution in [-0.4, -0.2) is 24.2 Å². The van der Waals surface area contributed by atoms with Gasteiger partial charge in [0.05, 0.1) is 10.6 Å². The molecule has 2 aliphatic carbocycles. The van der Waals surface area contributed by atoms with Crippen LogP contribution in [-0.2, 0) is 6.42 Å². The van der Waals surface area contributed by atoms with Crippen molar-refractivity contribution in [3.05, 3.63) is 34.3 Å². The molecular weight excluding hydrogens is 334 g/mol. The summed E-state index contributed by atoms with van der Waals surface area (Å²) < 4.78 is 0. The topological polar surface area (TPSA) is 49.3 Å². The van der Waals surface area contributed by atoms with Gasteiger partial charge in [0.15, 0.2) is 0 Å². The van der Waals surface area contributed by atoms with E-state index in [-0.39, 0.29) is 19.9 Å². The first-order valence-corrected chi connectivity index (χ1v) is 9.67. The third-order valence-corrected chi connectivity index (χ3v) is 6.21. The lowest BCUT2D eigenvalue weighted by molar-refractivity contribution is 0.0682. The van der Waals surface area contributed by atoms with Crippen molar-refractivity contribution in [2.45, 2.75) is 65.2 Å². The molecule has 0 spiro atoms. The first-order chi connectivity index (χ1) is 11.6. The van der Waals surface area contributed by atoms with E-state index in [1.807, 2.05) is 12.1 Å². The van der Waals surface area contributed by atoms with E-state index >= 15 is 0 Å². The number of hydrogen-bond donors (Lipinski definition) is 2. The molecule has 0 heterocycles. The van der Waals surface area contributed by atoms with Gasteiger partial charge >= 0.3 is 0 Å². The number of hydrogen-bond acceptors (Lipinski definition) is 2. The van der Waals surface area contributed by atoms with Gasteiger partial charge in [0.25, 0.3) is 5.91 Å². The largest absolute Gasteiger partial charge is 0.396 e. The van der Waals surface area contributed by atoms with E-state index in [1.165, 1.54) is 44.9 Å². The molecule has 0 atom stereocenters. The first kappa shape index (κ1) is 20.3. The van der Waals surface area contributed by atoms with Crippen molar-refractivity contribution >= 4 is 17.5 Å². The zero-order chi connectivity index (χ0) is 17.0. The van der Waals surface area contributed by atoms with Crippen LogP contribution in [0, 0.1) is 11.3 Å². The van der Waals surface area contributed by atoms with E-state index in [9.17, 15) is 4.79 Å². The molecule has 3 nitrogen and oxygen atoms in total. The van der Waals surface area contributed by atoms with E-state index in [2.05, 4.69) is 5.32 Å². The zero-order valence-corrected chi connectivity index (χ0v) is 15.1. The van der Waals surface area contributed by atoms with Crippen molar-refractivity contribution in [2.75, 3.05) is 13.2 Å². The summed E-state index contributed by atoms with van der Waals surface area (Å²) in [6.07, 6.45) is 10.6. The quantitative estimate of drug-likeness (QED) is 0.745. The molecule has 0 saturated heterocycles. The van der Waals surface area contributed by atoms with Crippen molar-refractivity contribution < 1.29 is 9.90 Å². The zero-order valence-electron chi connectivity index (χ0n) is 14.3. The van der Waals surface area contributed by atoms with Crippen molar-refractivity contribution in [3.63, 3.8) is 0 Å². The normalized spacial score (nSPS) is 25.1. The maximum absolute atomic E-state index is 12.6. The molecule has 3 rings (SSSR count). The van der Waals surface area contributed by atoms with Crippen LogP contribution in [0.15, 0.2) is 18.2 Å². The second-order valence-corrected chi connectivity index (χ2v) is 8.09. The van der Waals surface area contributed by atoms with Gasteiger partial charge in [0, 0.05) is 13.2 Å². The lowest BCUT2D eigenvalue weighted by Crippen LogP contribution is -2.43. The maximum Gasteiger partial charge on any atom is 0.252 e. The number of aliphatic hydroxyl groups is 1. The molecule has 2 bridgehead atoms. The molecule has 0 radical (unpaired) electrons. The second kappa shape index (κ2) is 9.05. The van der Waals surface area contributed by atoms with Crippen LogP contribution in [0.5, 0.6) is 0 Å². The number of carbonyl (C=O) groups is 1. The third-order valence-electron chi connectivity index (χ3n) is 5.88. The van der Waals surface area contributed by atoms with E-state index in [0.29, 0.717) is 22.4 Å². The van der Waals surface area contributed by atoms with Crippen LogP contribution in [0.1, 0.15) is 74.7 Å². The van der Waals surface area contributed by atoms with Crippen molar-refractivity contribution in [1.29, 1.82) is 0 Å². The molecule has 2 fully saturated rings. The number of benzene rings is 1. The Kier molecular flexibility index (Phi) is 7.33. The Bertz CT molecular complexity index is 577. The molecule has 0 aliphatic heterocycles. The number of amides is 1. The van der Waals surface area contributed by atoms with Crippen LogP contribution >= 0.6 is 11.6 Å². The smallest absolute Gasteiger partial charge is 0.252 e. The Hall–Kier alpha value is -1.06. The van der Waals surface area contributed by atoms with Crippen molar-refractivity contribution in [3.8, 4) is 0 Å². The van der Waals surface area contributed by atoms with Gasteiger partial charge in [0.1, 0.15) is 0 Å². The molecule has 140 valence electrons. The summed E-state index contributed by atoms with van der Waals surface area (Å²) in [4.78, 5) is 12.6. The van der Waals surface area contributed by atoms with Crippen LogP contribution in [0.4, 0.5) is 0 Å². The van der Waals surface area contributed by atoms with Crippen LogP contribution < -0.4 is 5.32 Å². The molecule has 1 aromatic carbocycles. The standard InChI is InChI=1S/C20H28ClNO2.CH4/c21-18-8-7-15(6-3-11-23)12-17(18)19(24)22-14-20-9-1-4-16(13-20)5-2-10-20;/h7-8,12,16,23H,1-6,9-11,13-14H2,(H,22,24);1H4. The first-order valence-electron chi connectivity index (χ1n) is 9.29. The summed E-state index contributed by atoms with van der Waals surface area (Å²) >= 11 is 6.24. The minimum absolute atomic E-state index is 0. The average Bonchev–Trinajstić information content (AvgIpc) is 2.59. The number of nitrogens with one attached hydrogen (secondary N) is 1. The van der Waals surface area contributed by atoms with E-state index in [4.69, 9.17) is 16.7 Å². The molecule has 2 N–H and O–H groups in total. The number of aliphatic hydroxyl groups excluding tert-OH is 1. The molecular formula is C21H32ClNO2. The lowest BCUT2D eigenvalue weighted by atomic mass is 9.62. The molecule has 1 amide bonds. The summed E-state index contributed by atoms with van der Waals surface area (Å²) in [6, 6.07) is 5.59. The minimum Gasteiger partial charge on any atom is -0.396 e. The highest BCUT2D eigenvalue weighted by molar-refractivity contribution is 6.33. The molecule has 0 unspecified atom stereocenters. The molecule has 25 heavy (non-hydrogen) atoms. The van der Waals surface area contributed by atoms with Gasteiger partial charge in [-0.3, -0.25) is 4.79 Å². The van der Waals surface area contributed by atoms with Crippen LogP contribution in [0.2, 0.25) is 5.02 Å². The van der Waals surface area contributed by atoms with Crippen LogP contribution in [0.25, 0.3) is 0 Å². The number of aryl methyl sites for hydroxylation is 1. The Balaban J connectivity index is 0.00000225. The fourth-order valence-corrected chi connectivity index (χ4v) is 4.82. The van der Waals surface area contributed by atoms with E-state index in [0.717, 1.165) is 24.4 Å². The van der Waals surface area contributed by atoms with Gasteiger partial charge in [-0.25, -0.2) is 0 Å². The van der Waals surface area contributed by atoms with Crippen molar-refractivity contribution in [2.24, 2.45) is 11.3 Å². The fraction of sp³-hybridized carbons (Fsp3) is 0.667. The predicted octanol–water partition coefficient (Wildman–Crippen LogP) is 4.99. The van der Waals surface area contributed by atoms with E-state index < -0.39 is 0 Å². The summed E-state index contributed by atoms with van der Waals surface area (Å²) in [5.41, 5.74) is 1.93. The highest BCUT2D eigenvalue weighted by Gasteiger charge is 2.39. The second-order valence-electron chi connectivity index (χ2n) is 7.68. The highest BCUT2D eigenvalue weighted by Crippen LogP contribution is 2.48. The Morgan fingerprint density at radius 3 is 2.68 bits per heavy atom. The summed E-state index contributed by atoms with van der Waals surface area (Å²) in [5, 5.41) is 12.6. The van der Waals surface area contributed by atoms with Gasteiger partial charge in [-0.1, -0.05) is 50.8 Å². The molecule has 2 saturated carbocycles. The SMILES string of the molecule is C.O=C(NCC12CCCC(CCC1)C2)c1cc(CCCO)ccc1Cl. The minimum atomic E-state index is -0.0621. The predicted molar refractivity (Wildman–Crippen MR) is 104 cm³/mol. The summed E-state index contributed by atoms with van der Waals surface area (Å²) in [6.45, 7) is 0.938. The van der Waals surface area contributed by atoms with Crippen LogP contribution in [0.3, 0.4) is 0 Å². The number of fused-ring (bicyclic) bond motifs is 2. The lowest BCUT2D eigenvalue weighted by Gasteiger charge is -2.45. The molecule has 1 aromatic rings. The molecule has 4 heteroatoms. The number of halogens is 1. The van der Waals surface area contributed by atoms with Gasteiger partial charge in [-0.05, 0) is 61.1 Å². The van der Waals surface area contributed by atoms with Gasteiger partial charge in [0.2, 0.25) is 0 Å². The Morgan fingerprint density at radius 2 is 2.00 bits per heavy atom. The Labute approximate surface area is 157 Å². The molecule has 2 aliphatic rings. The summed E-state index contributed by atoms with van der Waals surface area (Å²) in [5.74, 6) is 0.808. The van der Waals surface area contributed by atoms with Gasteiger partial charge in [-0.2, -0.15) is 0 Å². The van der Waals surface area contributed by atoms with Gasteiger partial charge < -0.3 is 10.4 Å².